The number of nitrogens with zero attached hydrogens (tertiary/aromatic N) is 1. The third-order valence-corrected chi connectivity index (χ3v) is 4.41. The zero-order chi connectivity index (χ0) is 13.9. The zero-order valence-corrected chi connectivity index (χ0v) is 13.2. The second-order valence-corrected chi connectivity index (χ2v) is 5.90. The van der Waals surface area contributed by atoms with Gasteiger partial charge in [0.25, 0.3) is 5.91 Å². The summed E-state index contributed by atoms with van der Waals surface area (Å²) in [5, 5.41) is 5.61. The van der Waals surface area contributed by atoms with Gasteiger partial charge < -0.3 is 11.1 Å². The number of amides is 1. The molecule has 0 saturated heterocycles. The quantitative estimate of drug-likeness (QED) is 0.909. The molecule has 6 heteroatoms. The Kier molecular flexibility index (Phi) is 5.33. The number of anilines is 1. The topological polar surface area (TPSA) is 68.0 Å². The average molecular weight is 324 g/mol. The summed E-state index contributed by atoms with van der Waals surface area (Å²) >= 11 is 1.48. The third kappa shape index (κ3) is 3.61. The summed E-state index contributed by atoms with van der Waals surface area (Å²) in [7, 11) is 0. The van der Waals surface area contributed by atoms with Crippen LogP contribution in [0.1, 0.15) is 33.0 Å². The van der Waals surface area contributed by atoms with Gasteiger partial charge in [-0.25, -0.2) is 4.98 Å². The van der Waals surface area contributed by atoms with Gasteiger partial charge in [-0.2, -0.15) is 0 Å². The SMILES string of the molecule is Cl.NCCc1nc(C(=O)Nc2ccc3c(c2)CCC3)cs1. The predicted molar refractivity (Wildman–Crippen MR) is 88.5 cm³/mol. The third-order valence-electron chi connectivity index (χ3n) is 3.50. The minimum atomic E-state index is -0.150. The molecule has 0 saturated carbocycles. The number of aryl methyl sites for hydroxylation is 2. The summed E-state index contributed by atoms with van der Waals surface area (Å²) in [6, 6.07) is 6.15. The van der Waals surface area contributed by atoms with Crippen molar-refractivity contribution in [2.45, 2.75) is 25.7 Å². The van der Waals surface area contributed by atoms with Crippen molar-refractivity contribution in [2.75, 3.05) is 11.9 Å². The molecule has 3 N–H and O–H groups in total. The van der Waals surface area contributed by atoms with Gasteiger partial charge in [0.05, 0.1) is 5.01 Å². The molecule has 0 radical (unpaired) electrons. The van der Waals surface area contributed by atoms with Crippen molar-refractivity contribution in [3.05, 3.63) is 45.4 Å². The van der Waals surface area contributed by atoms with Gasteiger partial charge in [-0.1, -0.05) is 6.07 Å². The van der Waals surface area contributed by atoms with Crippen LogP contribution in [0.15, 0.2) is 23.6 Å². The van der Waals surface area contributed by atoms with Crippen molar-refractivity contribution in [1.29, 1.82) is 0 Å². The Hall–Kier alpha value is -1.43. The highest BCUT2D eigenvalue weighted by Crippen LogP contribution is 2.25. The van der Waals surface area contributed by atoms with Crippen molar-refractivity contribution >= 4 is 35.3 Å². The number of halogens is 1. The van der Waals surface area contributed by atoms with Gasteiger partial charge in [0, 0.05) is 17.5 Å². The molecule has 1 aliphatic rings. The normalized spacial score (nSPS) is 12.6. The van der Waals surface area contributed by atoms with Crippen LogP contribution in [0.5, 0.6) is 0 Å². The van der Waals surface area contributed by atoms with E-state index >= 15 is 0 Å². The molecule has 4 nitrogen and oxygen atoms in total. The molecule has 1 aromatic heterocycles. The summed E-state index contributed by atoms with van der Waals surface area (Å²) in [6.07, 6.45) is 4.19. The molecular formula is C15H18ClN3OS. The molecule has 0 aliphatic heterocycles. The summed E-state index contributed by atoms with van der Waals surface area (Å²) in [4.78, 5) is 16.4. The maximum atomic E-state index is 12.1. The van der Waals surface area contributed by atoms with E-state index in [1.54, 1.807) is 5.38 Å². The van der Waals surface area contributed by atoms with Gasteiger partial charge in [-0.3, -0.25) is 4.79 Å². The van der Waals surface area contributed by atoms with E-state index in [2.05, 4.69) is 22.4 Å². The van der Waals surface area contributed by atoms with Crippen molar-refractivity contribution in [3.8, 4) is 0 Å². The molecule has 1 aliphatic carbocycles. The molecule has 0 unspecified atom stereocenters. The Labute approximate surface area is 134 Å². The fourth-order valence-electron chi connectivity index (χ4n) is 2.50. The molecular weight excluding hydrogens is 306 g/mol. The van der Waals surface area contributed by atoms with Crippen molar-refractivity contribution < 1.29 is 4.79 Å². The first-order chi connectivity index (χ1) is 9.76. The highest BCUT2D eigenvalue weighted by Gasteiger charge is 2.14. The number of thiazole rings is 1. The van der Waals surface area contributed by atoms with Crippen LogP contribution in [0.25, 0.3) is 0 Å². The Balaban J connectivity index is 0.00000161. The van der Waals surface area contributed by atoms with Crippen molar-refractivity contribution in [3.63, 3.8) is 0 Å². The van der Waals surface area contributed by atoms with Crippen LogP contribution in [0.3, 0.4) is 0 Å². The Morgan fingerprint density at radius 2 is 2.14 bits per heavy atom. The van der Waals surface area contributed by atoms with E-state index in [9.17, 15) is 4.79 Å². The van der Waals surface area contributed by atoms with Gasteiger partial charge in [0.15, 0.2) is 0 Å². The molecule has 3 rings (SSSR count). The van der Waals surface area contributed by atoms with E-state index in [1.807, 2.05) is 6.07 Å². The molecule has 0 bridgehead atoms. The van der Waals surface area contributed by atoms with Gasteiger partial charge >= 0.3 is 0 Å². The first kappa shape index (κ1) is 15.9. The highest BCUT2D eigenvalue weighted by atomic mass is 35.5. The second kappa shape index (κ2) is 7.02. The van der Waals surface area contributed by atoms with Crippen LogP contribution in [0.4, 0.5) is 5.69 Å². The maximum absolute atomic E-state index is 12.1. The molecule has 21 heavy (non-hydrogen) atoms. The van der Waals surface area contributed by atoms with E-state index in [0.717, 1.165) is 30.0 Å². The monoisotopic (exact) mass is 323 g/mol. The number of nitrogens with two attached hydrogens (primary N) is 1. The predicted octanol–water partition coefficient (Wildman–Crippen LogP) is 2.81. The molecule has 0 spiro atoms. The number of hydrogen-bond donors (Lipinski definition) is 2. The number of fused-ring (bicyclic) bond motifs is 1. The Morgan fingerprint density at radius 1 is 1.33 bits per heavy atom. The van der Waals surface area contributed by atoms with E-state index < -0.39 is 0 Å². The lowest BCUT2D eigenvalue weighted by molar-refractivity contribution is 0.102. The van der Waals surface area contributed by atoms with Crippen LogP contribution < -0.4 is 11.1 Å². The first-order valence-electron chi connectivity index (χ1n) is 6.84. The summed E-state index contributed by atoms with van der Waals surface area (Å²) < 4.78 is 0. The minimum absolute atomic E-state index is 0. The van der Waals surface area contributed by atoms with Gasteiger partial charge in [-0.05, 0) is 49.1 Å². The summed E-state index contributed by atoms with van der Waals surface area (Å²) in [6.45, 7) is 0.555. The Bertz CT molecular complexity index is 642. The van der Waals surface area contributed by atoms with E-state index in [1.165, 1.54) is 28.9 Å². The number of carbonyl (C=O) groups excluding carboxylic acids is 1. The number of rotatable bonds is 4. The fraction of sp³-hybridized carbons (Fsp3) is 0.333. The molecule has 2 aromatic rings. The van der Waals surface area contributed by atoms with Crippen LogP contribution >= 0.6 is 23.7 Å². The Morgan fingerprint density at radius 3 is 2.95 bits per heavy atom. The highest BCUT2D eigenvalue weighted by molar-refractivity contribution is 7.09. The molecule has 112 valence electrons. The molecule has 0 fully saturated rings. The maximum Gasteiger partial charge on any atom is 0.275 e. The van der Waals surface area contributed by atoms with Crippen molar-refractivity contribution in [2.24, 2.45) is 5.73 Å². The molecule has 1 amide bonds. The van der Waals surface area contributed by atoms with Gasteiger partial charge in [0.2, 0.25) is 0 Å². The van der Waals surface area contributed by atoms with Crippen molar-refractivity contribution in [1.82, 2.24) is 4.98 Å². The zero-order valence-electron chi connectivity index (χ0n) is 11.6. The lowest BCUT2D eigenvalue weighted by atomic mass is 10.1. The molecule has 1 heterocycles. The molecule has 1 aromatic carbocycles. The van der Waals surface area contributed by atoms with Crippen LogP contribution in [0.2, 0.25) is 0 Å². The van der Waals surface area contributed by atoms with Crippen LogP contribution in [-0.4, -0.2) is 17.4 Å². The van der Waals surface area contributed by atoms with Gasteiger partial charge in [-0.15, -0.1) is 23.7 Å². The second-order valence-electron chi connectivity index (χ2n) is 4.96. The number of carbonyl (C=O) groups is 1. The fourth-order valence-corrected chi connectivity index (χ4v) is 3.29. The number of benzene rings is 1. The first-order valence-corrected chi connectivity index (χ1v) is 7.72. The van der Waals surface area contributed by atoms with E-state index in [0.29, 0.717) is 12.2 Å². The van der Waals surface area contributed by atoms with Crippen LogP contribution in [-0.2, 0) is 19.3 Å². The van der Waals surface area contributed by atoms with Crippen LogP contribution in [0, 0.1) is 0 Å². The summed E-state index contributed by atoms with van der Waals surface area (Å²) in [5.74, 6) is -0.150. The largest absolute Gasteiger partial charge is 0.330 e. The smallest absolute Gasteiger partial charge is 0.275 e. The standard InChI is InChI=1S/C15H17N3OS.ClH/c16-7-6-14-18-13(9-20-14)15(19)17-12-5-4-10-2-1-3-11(10)8-12;/h4-5,8-9H,1-3,6-7,16H2,(H,17,19);1H. The lowest BCUT2D eigenvalue weighted by Gasteiger charge is -2.06. The average Bonchev–Trinajstić information content (AvgIpc) is 3.07. The molecule has 0 atom stereocenters. The number of aromatic nitrogens is 1. The van der Waals surface area contributed by atoms with Gasteiger partial charge in [0.1, 0.15) is 5.69 Å². The number of hydrogen-bond acceptors (Lipinski definition) is 4. The number of nitrogens with one attached hydrogen (secondary N) is 1. The minimum Gasteiger partial charge on any atom is -0.330 e. The van der Waals surface area contributed by atoms with E-state index in [4.69, 9.17) is 5.73 Å². The van der Waals surface area contributed by atoms with E-state index in [-0.39, 0.29) is 18.3 Å². The lowest BCUT2D eigenvalue weighted by Crippen LogP contribution is -2.13. The summed E-state index contributed by atoms with van der Waals surface area (Å²) in [5.41, 5.74) is 9.57.